The van der Waals surface area contributed by atoms with Gasteiger partial charge in [0.15, 0.2) is 5.16 Å². The first kappa shape index (κ1) is 31.4. The summed E-state index contributed by atoms with van der Waals surface area (Å²) in [7, 11) is 0. The molecule has 0 bridgehead atoms. The normalized spacial score (nSPS) is 11.2. The van der Waals surface area contributed by atoms with E-state index < -0.39 is 0 Å². The van der Waals surface area contributed by atoms with Gasteiger partial charge in [-0.05, 0) is 41.7 Å². The molecule has 1 N–H and O–H groups in total. The SMILES string of the molecule is CCCCCCCCCCCc1nc(SCc2ccc(F)cc2)[nH]c(=O)c1Cc1cnc(=O)n(Cc2ccccc2)c1. The molecule has 4 rings (SSSR count). The van der Waals surface area contributed by atoms with Gasteiger partial charge in [0.05, 0.1) is 12.2 Å². The van der Waals surface area contributed by atoms with E-state index in [-0.39, 0.29) is 17.1 Å². The van der Waals surface area contributed by atoms with Crippen LogP contribution in [0.15, 0.2) is 81.7 Å². The van der Waals surface area contributed by atoms with E-state index in [1.807, 2.05) is 30.3 Å². The van der Waals surface area contributed by atoms with Gasteiger partial charge in [-0.25, -0.2) is 19.2 Å². The third-order valence-corrected chi connectivity index (χ3v) is 8.31. The van der Waals surface area contributed by atoms with Gasteiger partial charge in [-0.1, -0.05) is 113 Å². The van der Waals surface area contributed by atoms with Crippen molar-refractivity contribution in [2.75, 3.05) is 0 Å². The average Bonchev–Trinajstić information content (AvgIpc) is 2.99. The second-order valence-electron chi connectivity index (χ2n) is 10.8. The Morgan fingerprint density at radius 1 is 0.833 bits per heavy atom. The van der Waals surface area contributed by atoms with Gasteiger partial charge in [-0.3, -0.25) is 9.36 Å². The molecule has 0 saturated heterocycles. The van der Waals surface area contributed by atoms with Gasteiger partial charge in [0.1, 0.15) is 5.82 Å². The molecule has 222 valence electrons. The van der Waals surface area contributed by atoms with E-state index in [1.165, 1.54) is 68.8 Å². The summed E-state index contributed by atoms with van der Waals surface area (Å²) in [4.78, 5) is 37.8. The quantitative estimate of drug-likeness (QED) is 0.0786. The molecular formula is C34H41FN4O2S. The van der Waals surface area contributed by atoms with Crippen LogP contribution in [0.3, 0.4) is 0 Å². The number of aromatic amines is 1. The van der Waals surface area contributed by atoms with E-state index in [0.29, 0.717) is 29.4 Å². The summed E-state index contributed by atoms with van der Waals surface area (Å²) in [6, 6.07) is 16.1. The summed E-state index contributed by atoms with van der Waals surface area (Å²) in [6.45, 7) is 2.65. The number of hydrogen-bond donors (Lipinski definition) is 1. The number of H-pyrrole nitrogens is 1. The molecular weight excluding hydrogens is 547 g/mol. The standard InChI is InChI=1S/C34H41FN4O2S/c1-2-3-4-5-6-7-8-9-13-16-31-30(32(40)38-33(37-31)42-25-27-17-19-29(35)20-18-27)21-28-22-36-34(41)39(24-28)23-26-14-11-10-12-15-26/h10-12,14-15,17-20,22,24H,2-9,13,16,21,23,25H2,1H3,(H,37,38,40). The molecule has 0 aliphatic carbocycles. The molecule has 0 amide bonds. The summed E-state index contributed by atoms with van der Waals surface area (Å²) < 4.78 is 14.9. The highest BCUT2D eigenvalue weighted by Crippen LogP contribution is 2.21. The maximum atomic E-state index is 13.4. The van der Waals surface area contributed by atoms with E-state index in [1.54, 1.807) is 29.1 Å². The minimum absolute atomic E-state index is 0.168. The summed E-state index contributed by atoms with van der Waals surface area (Å²) >= 11 is 1.44. The number of benzene rings is 2. The molecule has 2 aromatic carbocycles. The largest absolute Gasteiger partial charge is 0.347 e. The molecule has 0 fully saturated rings. The highest BCUT2D eigenvalue weighted by molar-refractivity contribution is 7.98. The fraction of sp³-hybridized carbons (Fsp3) is 0.412. The molecule has 2 aromatic heterocycles. The molecule has 4 aromatic rings. The van der Waals surface area contributed by atoms with Crippen molar-refractivity contribution in [2.24, 2.45) is 0 Å². The molecule has 2 heterocycles. The third-order valence-electron chi connectivity index (χ3n) is 7.37. The van der Waals surface area contributed by atoms with Gasteiger partial charge in [-0.15, -0.1) is 0 Å². The number of hydrogen-bond acceptors (Lipinski definition) is 5. The Hall–Kier alpha value is -3.52. The number of unbranched alkanes of at least 4 members (excludes halogenated alkanes) is 8. The Balaban J connectivity index is 1.47. The van der Waals surface area contributed by atoms with E-state index in [2.05, 4.69) is 16.9 Å². The van der Waals surface area contributed by atoms with Gasteiger partial charge in [-0.2, -0.15) is 0 Å². The van der Waals surface area contributed by atoms with Crippen LogP contribution in [-0.2, 0) is 25.1 Å². The van der Waals surface area contributed by atoms with E-state index in [0.717, 1.165) is 41.6 Å². The summed E-state index contributed by atoms with van der Waals surface area (Å²) in [6.07, 6.45) is 15.4. The Kier molecular flexibility index (Phi) is 12.6. The number of halogens is 1. The minimum atomic E-state index is -0.322. The molecule has 0 radical (unpaired) electrons. The van der Waals surface area contributed by atoms with Gasteiger partial charge in [0.2, 0.25) is 0 Å². The first-order chi connectivity index (χ1) is 20.5. The zero-order valence-corrected chi connectivity index (χ0v) is 25.3. The molecule has 8 heteroatoms. The fourth-order valence-corrected chi connectivity index (χ4v) is 5.84. The predicted octanol–water partition coefficient (Wildman–Crippen LogP) is 7.47. The lowest BCUT2D eigenvalue weighted by Crippen LogP contribution is -2.24. The minimum Gasteiger partial charge on any atom is -0.301 e. The molecule has 0 spiro atoms. The second-order valence-corrected chi connectivity index (χ2v) is 11.8. The Labute approximate surface area is 251 Å². The number of thioether (sulfide) groups is 1. The highest BCUT2D eigenvalue weighted by Gasteiger charge is 2.14. The van der Waals surface area contributed by atoms with Gasteiger partial charge in [0, 0.05) is 30.1 Å². The fourth-order valence-electron chi connectivity index (χ4n) is 5.00. The summed E-state index contributed by atoms with van der Waals surface area (Å²) in [5.41, 5.74) is 3.68. The highest BCUT2D eigenvalue weighted by atomic mass is 32.2. The van der Waals surface area contributed by atoms with Crippen LogP contribution < -0.4 is 11.2 Å². The van der Waals surface area contributed by atoms with E-state index >= 15 is 0 Å². The van der Waals surface area contributed by atoms with Crippen LogP contribution in [0.25, 0.3) is 0 Å². The zero-order valence-electron chi connectivity index (χ0n) is 24.5. The molecule has 0 unspecified atom stereocenters. The number of aryl methyl sites for hydroxylation is 1. The van der Waals surface area contributed by atoms with Crippen molar-refractivity contribution in [3.8, 4) is 0 Å². The zero-order chi connectivity index (χ0) is 29.6. The molecule has 6 nitrogen and oxygen atoms in total. The van der Waals surface area contributed by atoms with Crippen molar-refractivity contribution in [2.45, 2.75) is 95.0 Å². The number of nitrogens with zero attached hydrogens (tertiary/aromatic N) is 3. The van der Waals surface area contributed by atoms with Crippen molar-refractivity contribution in [3.63, 3.8) is 0 Å². The van der Waals surface area contributed by atoms with Crippen LogP contribution in [-0.4, -0.2) is 19.5 Å². The van der Waals surface area contributed by atoms with Gasteiger partial charge < -0.3 is 4.98 Å². The van der Waals surface area contributed by atoms with Crippen LogP contribution >= 0.6 is 11.8 Å². The first-order valence-corrected chi connectivity index (χ1v) is 16.1. The van der Waals surface area contributed by atoms with Crippen LogP contribution in [0.4, 0.5) is 4.39 Å². The topological polar surface area (TPSA) is 80.6 Å². The van der Waals surface area contributed by atoms with Crippen LogP contribution in [0, 0.1) is 5.82 Å². The lowest BCUT2D eigenvalue weighted by Gasteiger charge is -2.12. The van der Waals surface area contributed by atoms with Crippen molar-refractivity contribution in [3.05, 3.63) is 122 Å². The van der Waals surface area contributed by atoms with Gasteiger partial charge >= 0.3 is 5.69 Å². The molecule has 42 heavy (non-hydrogen) atoms. The first-order valence-electron chi connectivity index (χ1n) is 15.1. The monoisotopic (exact) mass is 588 g/mol. The van der Waals surface area contributed by atoms with Crippen molar-refractivity contribution < 1.29 is 4.39 Å². The second kappa shape index (κ2) is 16.8. The van der Waals surface area contributed by atoms with Crippen LogP contribution in [0.1, 0.15) is 92.7 Å². The maximum Gasteiger partial charge on any atom is 0.347 e. The summed E-state index contributed by atoms with van der Waals surface area (Å²) in [5, 5.41) is 0.561. The lowest BCUT2D eigenvalue weighted by atomic mass is 10.0. The Morgan fingerprint density at radius 3 is 2.24 bits per heavy atom. The Morgan fingerprint density at radius 2 is 1.52 bits per heavy atom. The maximum absolute atomic E-state index is 13.4. The Bertz CT molecular complexity index is 1500. The smallest absolute Gasteiger partial charge is 0.301 e. The average molecular weight is 589 g/mol. The van der Waals surface area contributed by atoms with Crippen LogP contribution in [0.2, 0.25) is 0 Å². The van der Waals surface area contributed by atoms with E-state index in [9.17, 15) is 14.0 Å². The molecule has 0 saturated carbocycles. The number of rotatable bonds is 17. The van der Waals surface area contributed by atoms with Crippen molar-refractivity contribution in [1.29, 1.82) is 0 Å². The van der Waals surface area contributed by atoms with E-state index in [4.69, 9.17) is 4.98 Å². The van der Waals surface area contributed by atoms with Crippen LogP contribution in [0.5, 0.6) is 0 Å². The van der Waals surface area contributed by atoms with Crippen molar-refractivity contribution in [1.82, 2.24) is 19.5 Å². The number of nitrogens with one attached hydrogen (secondary N) is 1. The number of aromatic nitrogens is 4. The van der Waals surface area contributed by atoms with Crippen molar-refractivity contribution >= 4 is 11.8 Å². The summed E-state index contributed by atoms with van der Waals surface area (Å²) in [5.74, 6) is 0.307. The lowest BCUT2D eigenvalue weighted by molar-refractivity contribution is 0.562. The molecule has 0 aliphatic heterocycles. The van der Waals surface area contributed by atoms with Gasteiger partial charge in [0.25, 0.3) is 5.56 Å². The molecule has 0 atom stereocenters. The third kappa shape index (κ3) is 10.1. The predicted molar refractivity (Wildman–Crippen MR) is 169 cm³/mol. The molecule has 0 aliphatic rings.